The van der Waals surface area contributed by atoms with Gasteiger partial charge in [0.15, 0.2) is 0 Å². The third kappa shape index (κ3) is 1.69. The predicted octanol–water partition coefficient (Wildman–Crippen LogP) is 3.20. The molecule has 0 aliphatic carbocycles. The molecule has 0 atom stereocenters. The van der Waals surface area contributed by atoms with Crippen molar-refractivity contribution in [1.29, 1.82) is 0 Å². The summed E-state index contributed by atoms with van der Waals surface area (Å²) in [5, 5.41) is 0. The largest absolute Gasteiger partial charge is 0.345 e. The van der Waals surface area contributed by atoms with Crippen molar-refractivity contribution in [3.63, 3.8) is 0 Å². The predicted molar refractivity (Wildman–Crippen MR) is 58.1 cm³/mol. The second kappa shape index (κ2) is 3.66. The summed E-state index contributed by atoms with van der Waals surface area (Å²) in [5.41, 5.74) is 3.64. The van der Waals surface area contributed by atoms with Crippen LogP contribution < -0.4 is 0 Å². The van der Waals surface area contributed by atoms with Crippen LogP contribution in [0.1, 0.15) is 25.3 Å². The lowest BCUT2D eigenvalue weighted by atomic mass is 10.00. The Hall–Kier alpha value is -1.57. The Labute approximate surface area is 84.0 Å². The molecule has 0 spiro atoms. The number of imidazole rings is 1. The van der Waals surface area contributed by atoms with Gasteiger partial charge in [-0.05, 0) is 23.1 Å². The number of nitrogens with one attached hydrogen (secondary N) is 1. The van der Waals surface area contributed by atoms with Gasteiger partial charge in [0.05, 0.1) is 18.2 Å². The van der Waals surface area contributed by atoms with Crippen molar-refractivity contribution in [2.24, 2.45) is 0 Å². The second-order valence-electron chi connectivity index (χ2n) is 3.75. The highest BCUT2D eigenvalue weighted by Gasteiger charge is 2.02. The maximum atomic E-state index is 4.02. The van der Waals surface area contributed by atoms with Gasteiger partial charge in [0, 0.05) is 0 Å². The van der Waals surface area contributed by atoms with E-state index in [-0.39, 0.29) is 0 Å². The SMILES string of the molecule is CC(C)c1cccc(-c2cnc[nH]2)c1. The summed E-state index contributed by atoms with van der Waals surface area (Å²) in [6.45, 7) is 4.40. The first kappa shape index (κ1) is 9.00. The number of H-pyrrole nitrogens is 1. The molecule has 0 aliphatic rings. The highest BCUT2D eigenvalue weighted by atomic mass is 14.9. The summed E-state index contributed by atoms with van der Waals surface area (Å²) >= 11 is 0. The molecule has 2 rings (SSSR count). The molecular formula is C12H14N2. The van der Waals surface area contributed by atoms with E-state index in [4.69, 9.17) is 0 Å². The second-order valence-corrected chi connectivity index (χ2v) is 3.75. The molecule has 0 saturated carbocycles. The first-order chi connectivity index (χ1) is 6.77. The molecule has 0 bridgehead atoms. The van der Waals surface area contributed by atoms with E-state index in [0.29, 0.717) is 5.92 Å². The van der Waals surface area contributed by atoms with E-state index in [2.05, 4.69) is 48.1 Å². The summed E-state index contributed by atoms with van der Waals surface area (Å²) in [6.07, 6.45) is 3.55. The van der Waals surface area contributed by atoms with Crippen LogP contribution in [0.5, 0.6) is 0 Å². The Bertz CT molecular complexity index is 402. The fourth-order valence-electron chi connectivity index (χ4n) is 1.48. The molecule has 14 heavy (non-hydrogen) atoms. The van der Waals surface area contributed by atoms with Crippen LogP contribution >= 0.6 is 0 Å². The van der Waals surface area contributed by atoms with Crippen LogP contribution in [0.4, 0.5) is 0 Å². The van der Waals surface area contributed by atoms with E-state index in [9.17, 15) is 0 Å². The Balaban J connectivity index is 2.41. The molecule has 72 valence electrons. The van der Waals surface area contributed by atoms with Crippen molar-refractivity contribution in [1.82, 2.24) is 9.97 Å². The monoisotopic (exact) mass is 186 g/mol. The lowest BCUT2D eigenvalue weighted by Gasteiger charge is -2.06. The Morgan fingerprint density at radius 3 is 2.79 bits per heavy atom. The highest BCUT2D eigenvalue weighted by Crippen LogP contribution is 2.21. The van der Waals surface area contributed by atoms with Gasteiger partial charge < -0.3 is 4.98 Å². The van der Waals surface area contributed by atoms with Gasteiger partial charge in [-0.25, -0.2) is 4.98 Å². The van der Waals surface area contributed by atoms with Crippen molar-refractivity contribution in [3.8, 4) is 11.3 Å². The quantitative estimate of drug-likeness (QED) is 0.766. The van der Waals surface area contributed by atoms with E-state index in [1.54, 1.807) is 6.33 Å². The van der Waals surface area contributed by atoms with E-state index >= 15 is 0 Å². The van der Waals surface area contributed by atoms with Crippen LogP contribution in [-0.4, -0.2) is 9.97 Å². The topological polar surface area (TPSA) is 28.7 Å². The summed E-state index contributed by atoms with van der Waals surface area (Å²) in [7, 11) is 0. The van der Waals surface area contributed by atoms with Crippen LogP contribution in [0.15, 0.2) is 36.8 Å². The lowest BCUT2D eigenvalue weighted by Crippen LogP contribution is -1.87. The van der Waals surface area contributed by atoms with Gasteiger partial charge in [0.1, 0.15) is 0 Å². The Morgan fingerprint density at radius 2 is 2.14 bits per heavy atom. The number of nitrogens with zero attached hydrogens (tertiary/aromatic N) is 1. The molecule has 2 heteroatoms. The summed E-state index contributed by atoms with van der Waals surface area (Å²) in [6, 6.07) is 8.55. The fourth-order valence-corrected chi connectivity index (χ4v) is 1.48. The normalized spacial score (nSPS) is 10.8. The van der Waals surface area contributed by atoms with Gasteiger partial charge in [0.2, 0.25) is 0 Å². The molecule has 1 aromatic carbocycles. The smallest absolute Gasteiger partial charge is 0.0924 e. The number of rotatable bonds is 2. The van der Waals surface area contributed by atoms with Gasteiger partial charge in [-0.1, -0.05) is 32.0 Å². The zero-order valence-corrected chi connectivity index (χ0v) is 8.49. The van der Waals surface area contributed by atoms with Crippen molar-refractivity contribution < 1.29 is 0 Å². The highest BCUT2D eigenvalue weighted by molar-refractivity contribution is 5.59. The minimum absolute atomic E-state index is 0.567. The standard InChI is InChI=1S/C12H14N2/c1-9(2)10-4-3-5-11(6-10)12-7-13-8-14-12/h3-9H,1-2H3,(H,13,14). The van der Waals surface area contributed by atoms with Crippen molar-refractivity contribution in [2.45, 2.75) is 19.8 Å². The molecule has 0 unspecified atom stereocenters. The van der Waals surface area contributed by atoms with Crippen LogP contribution in [0.2, 0.25) is 0 Å². The number of benzene rings is 1. The molecule has 0 amide bonds. The number of aromatic amines is 1. The zero-order valence-electron chi connectivity index (χ0n) is 8.49. The number of hydrogen-bond acceptors (Lipinski definition) is 1. The van der Waals surface area contributed by atoms with Crippen molar-refractivity contribution in [2.75, 3.05) is 0 Å². The summed E-state index contributed by atoms with van der Waals surface area (Å²) in [5.74, 6) is 0.567. The molecule has 2 nitrogen and oxygen atoms in total. The lowest BCUT2D eigenvalue weighted by molar-refractivity contribution is 0.867. The van der Waals surface area contributed by atoms with Gasteiger partial charge in [-0.3, -0.25) is 0 Å². The van der Waals surface area contributed by atoms with Gasteiger partial charge in [0.25, 0.3) is 0 Å². The first-order valence-electron chi connectivity index (χ1n) is 4.86. The summed E-state index contributed by atoms with van der Waals surface area (Å²) in [4.78, 5) is 7.13. The van der Waals surface area contributed by atoms with Crippen molar-refractivity contribution >= 4 is 0 Å². The van der Waals surface area contributed by atoms with Crippen LogP contribution in [0.25, 0.3) is 11.3 Å². The van der Waals surface area contributed by atoms with E-state index in [1.807, 2.05) is 6.20 Å². The van der Waals surface area contributed by atoms with E-state index < -0.39 is 0 Å². The Morgan fingerprint density at radius 1 is 1.29 bits per heavy atom. The molecule has 0 saturated heterocycles. The third-order valence-electron chi connectivity index (χ3n) is 2.36. The van der Waals surface area contributed by atoms with E-state index in [0.717, 1.165) is 5.69 Å². The molecule has 0 fully saturated rings. The minimum atomic E-state index is 0.567. The third-order valence-corrected chi connectivity index (χ3v) is 2.36. The molecule has 1 heterocycles. The molecule has 0 radical (unpaired) electrons. The van der Waals surface area contributed by atoms with Gasteiger partial charge >= 0.3 is 0 Å². The van der Waals surface area contributed by atoms with Gasteiger partial charge in [-0.15, -0.1) is 0 Å². The zero-order chi connectivity index (χ0) is 9.97. The number of aromatic nitrogens is 2. The maximum absolute atomic E-state index is 4.02. The van der Waals surface area contributed by atoms with Crippen LogP contribution in [-0.2, 0) is 0 Å². The average Bonchev–Trinajstić information content (AvgIpc) is 2.71. The summed E-state index contributed by atoms with van der Waals surface area (Å²) < 4.78 is 0. The molecule has 1 aromatic heterocycles. The number of hydrogen-bond donors (Lipinski definition) is 1. The Kier molecular flexibility index (Phi) is 2.35. The van der Waals surface area contributed by atoms with Crippen molar-refractivity contribution in [3.05, 3.63) is 42.4 Å². The molecule has 0 aliphatic heterocycles. The van der Waals surface area contributed by atoms with Crippen LogP contribution in [0, 0.1) is 0 Å². The molecule has 2 aromatic rings. The fraction of sp³-hybridized carbons (Fsp3) is 0.250. The molecular weight excluding hydrogens is 172 g/mol. The maximum Gasteiger partial charge on any atom is 0.0924 e. The van der Waals surface area contributed by atoms with Gasteiger partial charge in [-0.2, -0.15) is 0 Å². The van der Waals surface area contributed by atoms with Crippen LogP contribution in [0.3, 0.4) is 0 Å². The average molecular weight is 186 g/mol. The van der Waals surface area contributed by atoms with E-state index in [1.165, 1.54) is 11.1 Å². The minimum Gasteiger partial charge on any atom is -0.345 e. The first-order valence-corrected chi connectivity index (χ1v) is 4.86. The molecule has 1 N–H and O–H groups in total.